The fraction of sp³-hybridized carbons (Fsp3) is 0.692. The molecule has 3 rings (SSSR count). The van der Waals surface area contributed by atoms with Crippen LogP contribution in [0, 0.1) is 18.8 Å². The molecule has 4 nitrogen and oxygen atoms in total. The summed E-state index contributed by atoms with van der Waals surface area (Å²) in [5.74, 6) is 1.17. The number of nitrogens with two attached hydrogens (primary N) is 1. The van der Waals surface area contributed by atoms with Crippen LogP contribution in [0.5, 0.6) is 0 Å². The van der Waals surface area contributed by atoms with E-state index in [1.54, 1.807) is 10.4 Å². The summed E-state index contributed by atoms with van der Waals surface area (Å²) in [6.07, 6.45) is 3.64. The zero-order valence-corrected chi connectivity index (χ0v) is 12.8. The van der Waals surface area contributed by atoms with Gasteiger partial charge >= 0.3 is 0 Å². The van der Waals surface area contributed by atoms with Crippen LogP contribution >= 0.6 is 11.3 Å². The summed E-state index contributed by atoms with van der Waals surface area (Å²) in [4.78, 5) is 2.27. The molecule has 1 aliphatic heterocycles. The first-order chi connectivity index (χ1) is 9.02. The number of hydrogen-bond acceptors (Lipinski definition) is 4. The first kappa shape index (κ1) is 13.5. The van der Waals surface area contributed by atoms with Crippen LogP contribution < -0.4 is 5.73 Å². The van der Waals surface area contributed by atoms with Gasteiger partial charge < -0.3 is 5.73 Å². The lowest BCUT2D eigenvalue weighted by Gasteiger charge is -2.17. The van der Waals surface area contributed by atoms with Crippen molar-refractivity contribution in [1.29, 1.82) is 0 Å². The van der Waals surface area contributed by atoms with E-state index in [9.17, 15) is 8.42 Å². The predicted octanol–water partition coefficient (Wildman–Crippen LogP) is 1.94. The molecule has 2 unspecified atom stereocenters. The zero-order valence-electron chi connectivity index (χ0n) is 11.1. The van der Waals surface area contributed by atoms with Crippen LogP contribution in [0.25, 0.3) is 0 Å². The van der Waals surface area contributed by atoms with E-state index in [2.05, 4.69) is 0 Å². The Hall–Kier alpha value is -0.430. The monoisotopic (exact) mass is 300 g/mol. The second kappa shape index (κ2) is 4.84. The lowest BCUT2D eigenvalue weighted by Crippen LogP contribution is -2.29. The molecule has 0 bridgehead atoms. The minimum atomic E-state index is -3.31. The molecule has 2 atom stereocenters. The van der Waals surface area contributed by atoms with E-state index in [0.717, 1.165) is 9.75 Å². The molecular weight excluding hydrogens is 280 g/mol. The molecular formula is C13H20N2O2S2. The van der Waals surface area contributed by atoms with Crippen molar-refractivity contribution in [2.24, 2.45) is 17.6 Å². The van der Waals surface area contributed by atoms with Crippen molar-refractivity contribution in [3.05, 3.63) is 15.8 Å². The first-order valence-electron chi connectivity index (χ1n) is 6.82. The largest absolute Gasteiger partial charge is 0.326 e. The molecule has 106 valence electrons. The molecule has 0 radical (unpaired) electrons. The van der Waals surface area contributed by atoms with Crippen molar-refractivity contribution in [3.8, 4) is 0 Å². The Bertz CT molecular complexity index is 567. The van der Waals surface area contributed by atoms with Crippen molar-refractivity contribution in [2.75, 3.05) is 13.1 Å². The van der Waals surface area contributed by atoms with Gasteiger partial charge in [0.2, 0.25) is 10.0 Å². The fourth-order valence-electron chi connectivity index (χ4n) is 3.41. The van der Waals surface area contributed by atoms with Crippen molar-refractivity contribution in [2.45, 2.75) is 37.6 Å². The Balaban J connectivity index is 1.88. The van der Waals surface area contributed by atoms with Crippen LogP contribution in [-0.4, -0.2) is 25.8 Å². The average Bonchev–Trinajstić information content (AvgIpc) is 3.00. The number of rotatable bonds is 3. The second-order valence-corrected chi connectivity index (χ2v) is 8.86. The van der Waals surface area contributed by atoms with E-state index in [0.29, 0.717) is 36.4 Å². The van der Waals surface area contributed by atoms with E-state index in [-0.39, 0.29) is 0 Å². The number of nitrogens with zero attached hydrogens (tertiary/aromatic N) is 1. The lowest BCUT2D eigenvalue weighted by atomic mass is 10.0. The van der Waals surface area contributed by atoms with Gasteiger partial charge in [-0.25, -0.2) is 8.42 Å². The second-order valence-electron chi connectivity index (χ2n) is 5.61. The Morgan fingerprint density at radius 1 is 1.37 bits per heavy atom. The molecule has 1 saturated heterocycles. The van der Waals surface area contributed by atoms with E-state index < -0.39 is 10.0 Å². The third kappa shape index (κ3) is 2.24. The maximum absolute atomic E-state index is 12.7. The normalized spacial score (nSPS) is 27.9. The Morgan fingerprint density at radius 3 is 2.53 bits per heavy atom. The topological polar surface area (TPSA) is 63.4 Å². The quantitative estimate of drug-likeness (QED) is 0.928. The summed E-state index contributed by atoms with van der Waals surface area (Å²) in [7, 11) is -3.31. The van der Waals surface area contributed by atoms with Gasteiger partial charge in [0, 0.05) is 29.4 Å². The molecule has 2 fully saturated rings. The summed E-state index contributed by atoms with van der Waals surface area (Å²) in [5, 5.41) is 0. The van der Waals surface area contributed by atoms with Crippen molar-refractivity contribution in [3.63, 3.8) is 0 Å². The standard InChI is InChI=1S/C13H20N2O2S2/c1-9-13(5-12(6-14)18-9)19(16,17)15-7-10-3-2-4-11(10)8-15/h5,10-11H,2-4,6-8,14H2,1H3. The highest BCUT2D eigenvalue weighted by Gasteiger charge is 2.42. The van der Waals surface area contributed by atoms with Crippen molar-refractivity contribution >= 4 is 21.4 Å². The van der Waals surface area contributed by atoms with Gasteiger partial charge in [-0.1, -0.05) is 6.42 Å². The number of fused-ring (bicyclic) bond motifs is 1. The fourth-order valence-corrected chi connectivity index (χ4v) is 6.44. The smallest absolute Gasteiger partial charge is 0.244 e. The molecule has 1 aromatic rings. The molecule has 1 saturated carbocycles. The first-order valence-corrected chi connectivity index (χ1v) is 9.07. The van der Waals surface area contributed by atoms with Crippen molar-refractivity contribution in [1.82, 2.24) is 4.31 Å². The molecule has 2 aliphatic rings. The highest BCUT2D eigenvalue weighted by Crippen LogP contribution is 2.40. The molecule has 19 heavy (non-hydrogen) atoms. The van der Waals surface area contributed by atoms with Gasteiger partial charge in [-0.15, -0.1) is 11.3 Å². The molecule has 0 aromatic carbocycles. The van der Waals surface area contributed by atoms with Gasteiger partial charge in [-0.2, -0.15) is 4.31 Å². The maximum atomic E-state index is 12.7. The summed E-state index contributed by atoms with van der Waals surface area (Å²) < 4.78 is 27.1. The average molecular weight is 300 g/mol. The summed E-state index contributed by atoms with van der Waals surface area (Å²) in [5.41, 5.74) is 5.61. The summed E-state index contributed by atoms with van der Waals surface area (Å²) >= 11 is 1.49. The number of sulfonamides is 1. The highest BCUT2D eigenvalue weighted by molar-refractivity contribution is 7.89. The molecule has 1 aliphatic carbocycles. The molecule has 0 spiro atoms. The third-order valence-electron chi connectivity index (χ3n) is 4.44. The number of aryl methyl sites for hydroxylation is 1. The predicted molar refractivity (Wildman–Crippen MR) is 76.5 cm³/mol. The molecule has 2 heterocycles. The van der Waals surface area contributed by atoms with Gasteiger partial charge in [0.05, 0.1) is 4.90 Å². The Morgan fingerprint density at radius 2 is 2.00 bits per heavy atom. The van der Waals surface area contributed by atoms with E-state index in [1.807, 2.05) is 6.92 Å². The van der Waals surface area contributed by atoms with E-state index >= 15 is 0 Å². The lowest BCUT2D eigenvalue weighted by molar-refractivity contribution is 0.445. The third-order valence-corrected chi connectivity index (χ3v) is 7.59. The van der Waals surface area contributed by atoms with Crippen LogP contribution in [0.2, 0.25) is 0 Å². The zero-order chi connectivity index (χ0) is 13.6. The maximum Gasteiger partial charge on any atom is 0.244 e. The minimum absolute atomic E-state index is 0.409. The van der Waals surface area contributed by atoms with Crippen LogP contribution in [0.4, 0.5) is 0 Å². The van der Waals surface area contributed by atoms with Crippen LogP contribution in [0.15, 0.2) is 11.0 Å². The van der Waals surface area contributed by atoms with Crippen LogP contribution in [-0.2, 0) is 16.6 Å². The Labute approximate surface area is 118 Å². The highest BCUT2D eigenvalue weighted by atomic mass is 32.2. The van der Waals surface area contributed by atoms with Crippen molar-refractivity contribution < 1.29 is 8.42 Å². The summed E-state index contributed by atoms with van der Waals surface area (Å²) in [6, 6.07) is 1.75. The molecule has 2 N–H and O–H groups in total. The number of hydrogen-bond donors (Lipinski definition) is 1. The molecule has 6 heteroatoms. The molecule has 0 amide bonds. The Kier molecular flexibility index (Phi) is 3.45. The van der Waals surface area contributed by atoms with Gasteiger partial charge in [0.15, 0.2) is 0 Å². The van der Waals surface area contributed by atoms with Gasteiger partial charge in [-0.05, 0) is 37.7 Å². The SMILES string of the molecule is Cc1sc(CN)cc1S(=O)(=O)N1CC2CCCC2C1. The molecule has 1 aromatic heterocycles. The van der Waals surface area contributed by atoms with E-state index in [4.69, 9.17) is 5.73 Å². The van der Waals surface area contributed by atoms with Crippen LogP contribution in [0.3, 0.4) is 0 Å². The van der Waals surface area contributed by atoms with Gasteiger partial charge in [0.25, 0.3) is 0 Å². The van der Waals surface area contributed by atoms with Crippen LogP contribution in [0.1, 0.15) is 29.0 Å². The van der Waals surface area contributed by atoms with E-state index in [1.165, 1.54) is 30.6 Å². The van der Waals surface area contributed by atoms with Gasteiger partial charge in [0.1, 0.15) is 0 Å². The number of thiophene rings is 1. The minimum Gasteiger partial charge on any atom is -0.326 e. The summed E-state index contributed by atoms with van der Waals surface area (Å²) in [6.45, 7) is 3.69. The van der Waals surface area contributed by atoms with Gasteiger partial charge in [-0.3, -0.25) is 0 Å².